The van der Waals surface area contributed by atoms with Crippen LogP contribution in [0.5, 0.6) is 5.75 Å². The first-order valence-electron chi connectivity index (χ1n) is 8.72. The zero-order valence-corrected chi connectivity index (χ0v) is 19.0. The molecule has 152 valence electrons. The lowest BCUT2D eigenvalue weighted by Gasteiger charge is -2.24. The van der Waals surface area contributed by atoms with Crippen LogP contribution in [0.15, 0.2) is 58.0 Å². The van der Waals surface area contributed by atoms with E-state index in [1.165, 1.54) is 11.8 Å². The SMILES string of the molecule is O=C(COc1ccc(Cl)cc1)N=C1S[C@@H]2CS(=O)(=O)C[C@H]2N1c1cccc(Br)c1. The minimum absolute atomic E-state index is 0.0473. The molecule has 2 fully saturated rings. The van der Waals surface area contributed by atoms with E-state index in [1.54, 1.807) is 24.3 Å². The second kappa shape index (κ2) is 8.29. The molecule has 0 bridgehead atoms. The van der Waals surface area contributed by atoms with Crippen LogP contribution >= 0.6 is 39.3 Å². The molecule has 2 aromatic carbocycles. The van der Waals surface area contributed by atoms with E-state index in [0.29, 0.717) is 15.9 Å². The number of hydrogen-bond acceptors (Lipinski definition) is 5. The van der Waals surface area contributed by atoms with Crippen molar-refractivity contribution in [3.63, 3.8) is 0 Å². The third-order valence-corrected chi connectivity index (χ3v) is 8.50. The molecule has 4 rings (SSSR count). The van der Waals surface area contributed by atoms with E-state index in [4.69, 9.17) is 16.3 Å². The Morgan fingerprint density at radius 2 is 2.00 bits per heavy atom. The Bertz CT molecular complexity index is 1080. The number of anilines is 1. The number of rotatable bonds is 4. The summed E-state index contributed by atoms with van der Waals surface area (Å²) in [4.78, 5) is 18.5. The Hall–Kier alpha value is -1.55. The molecule has 0 saturated carbocycles. The van der Waals surface area contributed by atoms with Crippen molar-refractivity contribution >= 4 is 65.9 Å². The standard InChI is InChI=1S/C19H16BrClN2O4S2/c20-12-2-1-3-14(8-12)23-16-10-29(25,26)11-17(16)28-19(23)22-18(24)9-27-15-6-4-13(21)5-7-15/h1-8,16-17H,9-11H2/t16-,17-/m1/s1. The van der Waals surface area contributed by atoms with Gasteiger partial charge in [-0.3, -0.25) is 4.79 Å². The number of halogens is 2. The fourth-order valence-corrected chi connectivity index (χ4v) is 7.75. The molecule has 2 aliphatic rings. The van der Waals surface area contributed by atoms with Crippen molar-refractivity contribution in [2.45, 2.75) is 11.3 Å². The van der Waals surface area contributed by atoms with Crippen molar-refractivity contribution in [2.75, 3.05) is 23.0 Å². The minimum atomic E-state index is -3.11. The third kappa shape index (κ3) is 4.79. The molecule has 29 heavy (non-hydrogen) atoms. The summed E-state index contributed by atoms with van der Waals surface area (Å²) < 4.78 is 30.6. The number of sulfone groups is 1. The second-order valence-electron chi connectivity index (χ2n) is 6.68. The summed E-state index contributed by atoms with van der Waals surface area (Å²) in [6.07, 6.45) is 0. The van der Waals surface area contributed by atoms with Crippen LogP contribution in [0.4, 0.5) is 5.69 Å². The van der Waals surface area contributed by atoms with Gasteiger partial charge < -0.3 is 9.64 Å². The van der Waals surface area contributed by atoms with Crippen molar-refractivity contribution in [2.24, 2.45) is 4.99 Å². The maximum Gasteiger partial charge on any atom is 0.285 e. The summed E-state index contributed by atoms with van der Waals surface area (Å²) in [6.45, 7) is -0.217. The van der Waals surface area contributed by atoms with Crippen LogP contribution < -0.4 is 9.64 Å². The van der Waals surface area contributed by atoms with Crippen LogP contribution in [0.1, 0.15) is 0 Å². The van der Waals surface area contributed by atoms with Gasteiger partial charge in [0.05, 0.1) is 17.5 Å². The average Bonchev–Trinajstić information content (AvgIpc) is 3.12. The number of ether oxygens (including phenoxy) is 1. The van der Waals surface area contributed by atoms with E-state index in [-0.39, 0.29) is 29.4 Å². The van der Waals surface area contributed by atoms with Crippen LogP contribution in [0.3, 0.4) is 0 Å². The lowest BCUT2D eigenvalue weighted by Crippen LogP contribution is -2.37. The van der Waals surface area contributed by atoms with Crippen LogP contribution in [0.2, 0.25) is 5.02 Å². The van der Waals surface area contributed by atoms with Crippen molar-refractivity contribution in [3.8, 4) is 5.75 Å². The molecule has 0 aromatic heterocycles. The van der Waals surface area contributed by atoms with Gasteiger partial charge in [0.2, 0.25) is 0 Å². The molecule has 0 radical (unpaired) electrons. The molecule has 2 atom stereocenters. The molecular formula is C19H16BrClN2O4S2. The van der Waals surface area contributed by atoms with Crippen LogP contribution in [-0.2, 0) is 14.6 Å². The predicted octanol–water partition coefficient (Wildman–Crippen LogP) is 3.78. The van der Waals surface area contributed by atoms with E-state index < -0.39 is 15.7 Å². The molecule has 6 nitrogen and oxygen atoms in total. The number of carbonyl (C=O) groups is 1. The summed E-state index contributed by atoms with van der Waals surface area (Å²) in [5, 5.41) is 0.929. The van der Waals surface area contributed by atoms with E-state index in [2.05, 4.69) is 20.9 Å². The topological polar surface area (TPSA) is 76.0 Å². The predicted molar refractivity (Wildman–Crippen MR) is 120 cm³/mol. The van der Waals surface area contributed by atoms with Crippen molar-refractivity contribution in [1.29, 1.82) is 0 Å². The normalized spacial score (nSPS) is 23.9. The maximum atomic E-state index is 12.4. The van der Waals surface area contributed by atoms with Gasteiger partial charge in [-0.15, -0.1) is 0 Å². The zero-order chi connectivity index (χ0) is 20.6. The summed E-state index contributed by atoms with van der Waals surface area (Å²) in [6, 6.07) is 14.0. The summed E-state index contributed by atoms with van der Waals surface area (Å²) >= 11 is 10.6. The van der Waals surface area contributed by atoms with E-state index >= 15 is 0 Å². The van der Waals surface area contributed by atoms with Crippen LogP contribution in [0, 0.1) is 0 Å². The second-order valence-corrected chi connectivity index (χ2v) is 11.4. The molecule has 0 spiro atoms. The number of carbonyl (C=O) groups excluding carboxylic acids is 1. The van der Waals surface area contributed by atoms with Gasteiger partial charge in [0, 0.05) is 20.4 Å². The molecular weight excluding hydrogens is 500 g/mol. The average molecular weight is 516 g/mol. The number of aliphatic imine (C=N–C) groups is 1. The fraction of sp³-hybridized carbons (Fsp3) is 0.263. The number of hydrogen-bond donors (Lipinski definition) is 0. The summed E-state index contributed by atoms with van der Waals surface area (Å²) in [7, 11) is -3.11. The molecule has 2 heterocycles. The van der Waals surface area contributed by atoms with Gasteiger partial charge in [-0.1, -0.05) is 45.4 Å². The highest BCUT2D eigenvalue weighted by Gasteiger charge is 2.49. The molecule has 0 aliphatic carbocycles. The van der Waals surface area contributed by atoms with Crippen molar-refractivity contribution < 1.29 is 17.9 Å². The van der Waals surface area contributed by atoms with Gasteiger partial charge in [-0.25, -0.2) is 8.42 Å². The number of benzene rings is 2. The highest BCUT2D eigenvalue weighted by atomic mass is 79.9. The molecule has 2 saturated heterocycles. The number of thioether (sulfide) groups is 1. The Kier molecular flexibility index (Phi) is 5.92. The molecule has 2 aromatic rings. The van der Waals surface area contributed by atoms with E-state index in [0.717, 1.165) is 10.2 Å². The van der Waals surface area contributed by atoms with Gasteiger partial charge in [-0.05, 0) is 42.5 Å². The molecule has 1 amide bonds. The first kappa shape index (κ1) is 20.7. The number of amides is 1. The first-order chi connectivity index (χ1) is 13.8. The Balaban J connectivity index is 1.56. The molecule has 0 unspecified atom stereocenters. The van der Waals surface area contributed by atoms with Gasteiger partial charge in [0.15, 0.2) is 21.6 Å². The monoisotopic (exact) mass is 514 g/mol. The highest BCUT2D eigenvalue weighted by molar-refractivity contribution is 9.10. The molecule has 0 N–H and O–H groups in total. The Morgan fingerprint density at radius 3 is 2.72 bits per heavy atom. The quantitative estimate of drug-likeness (QED) is 0.617. The largest absolute Gasteiger partial charge is 0.484 e. The van der Waals surface area contributed by atoms with E-state index in [1.807, 2.05) is 29.2 Å². The third-order valence-electron chi connectivity index (χ3n) is 4.55. The fourth-order valence-electron chi connectivity index (χ4n) is 3.31. The highest BCUT2D eigenvalue weighted by Crippen LogP contribution is 2.41. The van der Waals surface area contributed by atoms with Gasteiger partial charge in [-0.2, -0.15) is 4.99 Å². The summed E-state index contributed by atoms with van der Waals surface area (Å²) in [5.74, 6) is 0.214. The van der Waals surface area contributed by atoms with Crippen LogP contribution in [0.25, 0.3) is 0 Å². The van der Waals surface area contributed by atoms with Gasteiger partial charge >= 0.3 is 0 Å². The minimum Gasteiger partial charge on any atom is -0.484 e. The summed E-state index contributed by atoms with van der Waals surface area (Å²) in [5.41, 5.74) is 0.793. The first-order valence-corrected chi connectivity index (χ1v) is 12.6. The van der Waals surface area contributed by atoms with Gasteiger partial charge in [0.25, 0.3) is 5.91 Å². The number of fused-ring (bicyclic) bond motifs is 1. The van der Waals surface area contributed by atoms with Crippen molar-refractivity contribution in [3.05, 3.63) is 58.0 Å². The number of nitrogens with zero attached hydrogens (tertiary/aromatic N) is 2. The molecule has 10 heteroatoms. The van der Waals surface area contributed by atoms with Crippen molar-refractivity contribution in [1.82, 2.24) is 0 Å². The maximum absolute atomic E-state index is 12.4. The van der Waals surface area contributed by atoms with E-state index in [9.17, 15) is 13.2 Å². The number of amidine groups is 1. The lowest BCUT2D eigenvalue weighted by molar-refractivity contribution is -0.119. The smallest absolute Gasteiger partial charge is 0.285 e. The molecule has 2 aliphatic heterocycles. The lowest BCUT2D eigenvalue weighted by atomic mass is 10.2. The zero-order valence-electron chi connectivity index (χ0n) is 15.0. The van der Waals surface area contributed by atoms with Crippen LogP contribution in [-0.4, -0.2) is 48.9 Å². The Morgan fingerprint density at radius 1 is 1.24 bits per heavy atom. The van der Waals surface area contributed by atoms with Gasteiger partial charge in [0.1, 0.15) is 5.75 Å². The Labute approximate surface area is 186 Å².